The third-order valence-electron chi connectivity index (χ3n) is 6.07. The Hall–Kier alpha value is -1.50. The number of morpholine rings is 1. The number of hydrogen-bond donors (Lipinski definition) is 1. The van der Waals surface area contributed by atoms with Crippen LogP contribution in [-0.2, 0) is 9.47 Å². The molecule has 176 valence electrons. The summed E-state index contributed by atoms with van der Waals surface area (Å²) in [5, 5.41) is 2.91. The molecule has 1 aliphatic heterocycles. The Balaban J connectivity index is 0.00000341. The normalized spacial score (nSPS) is 21.7. The summed E-state index contributed by atoms with van der Waals surface area (Å²) >= 11 is 0. The maximum absolute atomic E-state index is 12.7. The number of para-hydroxylation sites is 2. The van der Waals surface area contributed by atoms with Crippen LogP contribution < -0.4 is 10.1 Å². The van der Waals surface area contributed by atoms with Gasteiger partial charge in [-0.25, -0.2) is 4.79 Å². The zero-order valence-corrected chi connectivity index (χ0v) is 19.7. The van der Waals surface area contributed by atoms with Crippen molar-refractivity contribution in [1.82, 2.24) is 4.90 Å². The van der Waals surface area contributed by atoms with E-state index in [0.29, 0.717) is 24.0 Å². The van der Waals surface area contributed by atoms with Crippen molar-refractivity contribution in [2.75, 3.05) is 44.8 Å². The number of carbonyl (C=O) groups excluding carboxylic acids is 1. The Morgan fingerprint density at radius 3 is 2.71 bits per heavy atom. The minimum absolute atomic E-state index is 0. The van der Waals surface area contributed by atoms with E-state index in [9.17, 15) is 4.79 Å². The molecule has 1 saturated carbocycles. The first-order valence-corrected chi connectivity index (χ1v) is 11.8. The third kappa shape index (κ3) is 8.87. The third-order valence-corrected chi connectivity index (χ3v) is 6.07. The maximum atomic E-state index is 12.7. The van der Waals surface area contributed by atoms with Gasteiger partial charge in [0, 0.05) is 25.6 Å². The lowest BCUT2D eigenvalue weighted by Crippen LogP contribution is -2.44. The summed E-state index contributed by atoms with van der Waals surface area (Å²) in [6.45, 7) is 7.39. The summed E-state index contributed by atoms with van der Waals surface area (Å²) < 4.78 is 17.3. The van der Waals surface area contributed by atoms with E-state index in [1.54, 1.807) is 0 Å². The molecule has 1 amide bonds. The molecule has 2 unspecified atom stereocenters. The van der Waals surface area contributed by atoms with Crippen molar-refractivity contribution in [1.29, 1.82) is 0 Å². The van der Waals surface area contributed by atoms with Gasteiger partial charge in [0.15, 0.2) is 0 Å². The molecule has 6 nitrogen and oxygen atoms in total. The first-order valence-electron chi connectivity index (χ1n) is 11.8. The van der Waals surface area contributed by atoms with E-state index in [-0.39, 0.29) is 24.6 Å². The minimum Gasteiger partial charge on any atom is -0.491 e. The van der Waals surface area contributed by atoms with Crippen LogP contribution in [0.25, 0.3) is 0 Å². The van der Waals surface area contributed by atoms with Crippen LogP contribution in [-0.4, -0.2) is 56.6 Å². The van der Waals surface area contributed by atoms with Crippen molar-refractivity contribution < 1.29 is 19.0 Å². The average molecular weight is 455 g/mol. The molecular formula is C24H39ClN2O4. The Bertz CT molecular complexity index is 640. The topological polar surface area (TPSA) is 60.0 Å². The van der Waals surface area contributed by atoms with E-state index < -0.39 is 0 Å². The highest BCUT2D eigenvalue weighted by atomic mass is 35.5. The molecule has 2 atom stereocenters. The molecule has 1 aliphatic carbocycles. The molecular weight excluding hydrogens is 416 g/mol. The first kappa shape index (κ1) is 25.8. The Labute approximate surface area is 193 Å². The molecule has 1 saturated heterocycles. The molecule has 31 heavy (non-hydrogen) atoms. The van der Waals surface area contributed by atoms with Gasteiger partial charge in [0.1, 0.15) is 11.9 Å². The van der Waals surface area contributed by atoms with Gasteiger partial charge >= 0.3 is 6.09 Å². The van der Waals surface area contributed by atoms with E-state index in [1.165, 1.54) is 25.7 Å². The van der Waals surface area contributed by atoms with E-state index in [4.69, 9.17) is 14.2 Å². The highest BCUT2D eigenvalue weighted by Crippen LogP contribution is 2.29. The van der Waals surface area contributed by atoms with E-state index in [2.05, 4.69) is 17.1 Å². The van der Waals surface area contributed by atoms with Gasteiger partial charge < -0.3 is 14.2 Å². The summed E-state index contributed by atoms with van der Waals surface area (Å²) in [6, 6.07) is 7.60. The molecule has 1 aromatic rings. The first-order chi connectivity index (χ1) is 14.8. The van der Waals surface area contributed by atoms with Crippen LogP contribution in [0.4, 0.5) is 10.5 Å². The number of carbonyl (C=O) groups is 1. The summed E-state index contributed by atoms with van der Waals surface area (Å²) in [5.41, 5.74) is 0.679. The molecule has 1 heterocycles. The smallest absolute Gasteiger partial charge is 0.412 e. The predicted molar refractivity (Wildman–Crippen MR) is 126 cm³/mol. The van der Waals surface area contributed by atoms with E-state index in [0.717, 1.165) is 58.5 Å². The van der Waals surface area contributed by atoms with Crippen LogP contribution in [0.5, 0.6) is 5.75 Å². The van der Waals surface area contributed by atoms with Crippen LogP contribution in [0, 0.1) is 5.92 Å². The second-order valence-corrected chi connectivity index (χ2v) is 8.43. The standard InChI is InChI=1S/C24H38N2O4.ClH/c1-2-3-4-9-16-29-23-13-8-6-11-21(23)25-24(27)30-22-12-7-5-10-20(22)19-26-14-17-28-18-15-26;/h6,8,11,13,20,22H,2-5,7,9-10,12,14-19H2,1H3,(H,25,27);1H. The quantitative estimate of drug-likeness (QED) is 0.472. The second kappa shape index (κ2) is 14.5. The molecule has 7 heteroatoms. The molecule has 2 fully saturated rings. The van der Waals surface area contributed by atoms with Gasteiger partial charge in [-0.1, -0.05) is 44.7 Å². The fourth-order valence-electron chi connectivity index (χ4n) is 4.34. The van der Waals surface area contributed by atoms with Gasteiger partial charge in [-0.05, 0) is 37.8 Å². The van der Waals surface area contributed by atoms with Gasteiger partial charge in [-0.3, -0.25) is 10.2 Å². The number of rotatable bonds is 10. The number of nitrogens with one attached hydrogen (secondary N) is 1. The zero-order valence-electron chi connectivity index (χ0n) is 18.9. The lowest BCUT2D eigenvalue weighted by Gasteiger charge is -2.36. The predicted octanol–water partition coefficient (Wildman–Crippen LogP) is 5.51. The van der Waals surface area contributed by atoms with Gasteiger partial charge in [-0.15, -0.1) is 12.4 Å². The van der Waals surface area contributed by atoms with Crippen molar-refractivity contribution >= 4 is 24.2 Å². The van der Waals surface area contributed by atoms with Gasteiger partial charge in [-0.2, -0.15) is 0 Å². The summed E-state index contributed by atoms with van der Waals surface area (Å²) in [7, 11) is 0. The Morgan fingerprint density at radius 1 is 1.13 bits per heavy atom. The number of benzene rings is 1. The number of halogens is 1. The molecule has 0 aromatic heterocycles. The fourth-order valence-corrected chi connectivity index (χ4v) is 4.34. The number of unbranched alkanes of at least 4 members (excludes halogenated alkanes) is 3. The van der Waals surface area contributed by atoms with Crippen molar-refractivity contribution in [2.24, 2.45) is 5.92 Å². The molecule has 1 aromatic carbocycles. The van der Waals surface area contributed by atoms with E-state index in [1.807, 2.05) is 24.3 Å². The number of nitrogens with zero attached hydrogens (tertiary/aromatic N) is 1. The Kier molecular flexibility index (Phi) is 12.1. The van der Waals surface area contributed by atoms with Crippen molar-refractivity contribution in [2.45, 2.75) is 64.4 Å². The van der Waals surface area contributed by atoms with Crippen molar-refractivity contribution in [3.63, 3.8) is 0 Å². The van der Waals surface area contributed by atoms with Gasteiger partial charge in [0.05, 0.1) is 25.5 Å². The van der Waals surface area contributed by atoms with Crippen LogP contribution in [0.15, 0.2) is 24.3 Å². The van der Waals surface area contributed by atoms with E-state index >= 15 is 0 Å². The van der Waals surface area contributed by atoms with Crippen LogP contribution in [0.3, 0.4) is 0 Å². The van der Waals surface area contributed by atoms with Gasteiger partial charge in [0.25, 0.3) is 0 Å². The highest BCUT2D eigenvalue weighted by Gasteiger charge is 2.30. The molecule has 1 N–H and O–H groups in total. The molecule has 0 radical (unpaired) electrons. The van der Waals surface area contributed by atoms with Gasteiger partial charge in [0.2, 0.25) is 0 Å². The summed E-state index contributed by atoms with van der Waals surface area (Å²) in [4.78, 5) is 15.1. The monoisotopic (exact) mass is 454 g/mol. The summed E-state index contributed by atoms with van der Waals surface area (Å²) in [6.07, 6.45) is 8.61. The number of amides is 1. The summed E-state index contributed by atoms with van der Waals surface area (Å²) in [5.74, 6) is 1.10. The largest absolute Gasteiger partial charge is 0.491 e. The Morgan fingerprint density at radius 2 is 1.90 bits per heavy atom. The lowest BCUT2D eigenvalue weighted by molar-refractivity contribution is -0.00352. The number of ether oxygens (including phenoxy) is 3. The van der Waals surface area contributed by atoms with Crippen molar-refractivity contribution in [3.05, 3.63) is 24.3 Å². The van der Waals surface area contributed by atoms with Crippen LogP contribution in [0.2, 0.25) is 0 Å². The number of anilines is 1. The lowest BCUT2D eigenvalue weighted by atomic mass is 9.86. The van der Waals surface area contributed by atoms with Crippen molar-refractivity contribution in [3.8, 4) is 5.75 Å². The molecule has 0 bridgehead atoms. The molecule has 0 spiro atoms. The zero-order chi connectivity index (χ0) is 21.0. The SMILES string of the molecule is CCCCCCOc1ccccc1NC(=O)OC1CCCCC1CN1CCOCC1.Cl. The number of hydrogen-bond acceptors (Lipinski definition) is 5. The second-order valence-electron chi connectivity index (χ2n) is 8.43. The highest BCUT2D eigenvalue weighted by molar-refractivity contribution is 5.86. The molecule has 2 aliphatic rings. The molecule has 3 rings (SSSR count). The van der Waals surface area contributed by atoms with Crippen LogP contribution in [0.1, 0.15) is 58.3 Å². The average Bonchev–Trinajstić information content (AvgIpc) is 2.77. The minimum atomic E-state index is -0.379. The maximum Gasteiger partial charge on any atom is 0.412 e. The fraction of sp³-hybridized carbons (Fsp3) is 0.708. The van der Waals surface area contributed by atoms with Crippen LogP contribution >= 0.6 is 12.4 Å².